The van der Waals surface area contributed by atoms with E-state index in [1.165, 1.54) is 0 Å². The molecule has 0 atom stereocenters. The number of nitrogens with two attached hydrogens (primary N) is 1. The summed E-state index contributed by atoms with van der Waals surface area (Å²) >= 11 is 6.07. The van der Waals surface area contributed by atoms with Gasteiger partial charge in [0.15, 0.2) is 5.84 Å². The van der Waals surface area contributed by atoms with Crippen molar-refractivity contribution < 1.29 is 9.94 Å². The number of nitrogens with zero attached hydrogens (tertiary/aromatic N) is 2. The van der Waals surface area contributed by atoms with Crippen LogP contribution < -0.4 is 10.5 Å². The number of aromatic nitrogens is 1. The summed E-state index contributed by atoms with van der Waals surface area (Å²) in [5.74, 6) is 0.745. The Morgan fingerprint density at radius 1 is 1.17 bits per heavy atom. The average molecular weight is 330 g/mol. The van der Waals surface area contributed by atoms with Gasteiger partial charge in [0.1, 0.15) is 12.4 Å². The predicted octanol–water partition coefficient (Wildman–Crippen LogP) is 3.47. The molecule has 0 fully saturated rings. The van der Waals surface area contributed by atoms with Crippen molar-refractivity contribution in [1.82, 2.24) is 4.57 Å². The van der Waals surface area contributed by atoms with E-state index in [0.29, 0.717) is 29.5 Å². The molecule has 1 heterocycles. The summed E-state index contributed by atoms with van der Waals surface area (Å²) in [5.41, 5.74) is 7.44. The van der Waals surface area contributed by atoms with Gasteiger partial charge in [-0.2, -0.15) is 0 Å². The molecule has 0 amide bonds. The van der Waals surface area contributed by atoms with Gasteiger partial charge in [-0.1, -0.05) is 47.1 Å². The second-order valence-electron chi connectivity index (χ2n) is 5.02. The molecule has 0 aliphatic carbocycles. The van der Waals surface area contributed by atoms with Gasteiger partial charge in [-0.05, 0) is 18.2 Å². The van der Waals surface area contributed by atoms with Crippen LogP contribution in [0.1, 0.15) is 5.56 Å². The topological polar surface area (TPSA) is 72.8 Å². The van der Waals surface area contributed by atoms with Gasteiger partial charge in [-0.25, -0.2) is 0 Å². The van der Waals surface area contributed by atoms with Crippen molar-refractivity contribution in [3.63, 3.8) is 0 Å². The number of oxime groups is 1. The molecule has 2 aromatic carbocycles. The lowest BCUT2D eigenvalue weighted by Crippen LogP contribution is -2.13. The Bertz CT molecular complexity index is 858. The first-order valence-electron chi connectivity index (χ1n) is 7.14. The van der Waals surface area contributed by atoms with E-state index in [9.17, 15) is 0 Å². The Balaban J connectivity index is 1.82. The molecule has 23 heavy (non-hydrogen) atoms. The third-order valence-electron chi connectivity index (χ3n) is 3.60. The maximum absolute atomic E-state index is 8.93. The summed E-state index contributed by atoms with van der Waals surface area (Å²) < 4.78 is 7.74. The van der Waals surface area contributed by atoms with E-state index in [-0.39, 0.29) is 5.84 Å². The second-order valence-corrected chi connectivity index (χ2v) is 5.42. The molecular weight excluding hydrogens is 314 g/mol. The standard InChI is InChI=1S/C17H16ClN3O2/c18-14-6-2-4-8-16(14)23-10-9-21-11-13(17(19)20-22)12-5-1-3-7-15(12)21/h1-8,11,22H,9-10H2,(H2,19,20). The SMILES string of the molecule is NC(=NO)c1cn(CCOc2ccccc2Cl)c2ccccc12. The number of fused-ring (bicyclic) bond motifs is 1. The zero-order valence-corrected chi connectivity index (χ0v) is 13.1. The summed E-state index contributed by atoms with van der Waals surface area (Å²) in [6.07, 6.45) is 1.86. The van der Waals surface area contributed by atoms with Gasteiger partial charge in [-0.15, -0.1) is 0 Å². The highest BCUT2D eigenvalue weighted by Gasteiger charge is 2.11. The highest BCUT2D eigenvalue weighted by Crippen LogP contribution is 2.24. The molecule has 0 saturated heterocycles. The maximum atomic E-state index is 8.93. The second kappa shape index (κ2) is 6.62. The molecule has 0 spiro atoms. The van der Waals surface area contributed by atoms with Crippen LogP contribution >= 0.6 is 11.6 Å². The molecular formula is C17H16ClN3O2. The van der Waals surface area contributed by atoms with Gasteiger partial charge < -0.3 is 20.2 Å². The molecule has 5 nitrogen and oxygen atoms in total. The van der Waals surface area contributed by atoms with Crippen LogP contribution in [-0.4, -0.2) is 22.2 Å². The lowest BCUT2D eigenvalue weighted by atomic mass is 10.1. The van der Waals surface area contributed by atoms with E-state index >= 15 is 0 Å². The molecule has 0 aliphatic rings. The lowest BCUT2D eigenvalue weighted by molar-refractivity contribution is 0.300. The molecule has 3 N–H and O–H groups in total. The third kappa shape index (κ3) is 3.10. The molecule has 3 rings (SSSR count). The number of hydrogen-bond acceptors (Lipinski definition) is 3. The fourth-order valence-corrected chi connectivity index (χ4v) is 2.70. The first kappa shape index (κ1) is 15.2. The van der Waals surface area contributed by atoms with Crippen LogP contribution in [-0.2, 0) is 6.54 Å². The van der Waals surface area contributed by atoms with Crippen LogP contribution in [0, 0.1) is 0 Å². The minimum absolute atomic E-state index is 0.0898. The third-order valence-corrected chi connectivity index (χ3v) is 3.91. The van der Waals surface area contributed by atoms with Crippen molar-refractivity contribution in [3.8, 4) is 5.75 Å². The smallest absolute Gasteiger partial charge is 0.172 e. The van der Waals surface area contributed by atoms with Gasteiger partial charge in [0.25, 0.3) is 0 Å². The van der Waals surface area contributed by atoms with E-state index in [1.807, 2.05) is 53.2 Å². The average Bonchev–Trinajstić information content (AvgIpc) is 2.95. The molecule has 0 bridgehead atoms. The van der Waals surface area contributed by atoms with E-state index in [0.717, 1.165) is 10.9 Å². The number of halogens is 1. The van der Waals surface area contributed by atoms with Gasteiger partial charge in [0, 0.05) is 22.7 Å². The van der Waals surface area contributed by atoms with E-state index in [2.05, 4.69) is 5.16 Å². The number of ether oxygens (including phenoxy) is 1. The van der Waals surface area contributed by atoms with E-state index in [4.69, 9.17) is 27.3 Å². The largest absolute Gasteiger partial charge is 0.490 e. The van der Waals surface area contributed by atoms with Crippen LogP contribution in [0.25, 0.3) is 10.9 Å². The molecule has 0 radical (unpaired) electrons. The van der Waals surface area contributed by atoms with Gasteiger partial charge >= 0.3 is 0 Å². The Hall–Kier alpha value is -2.66. The molecule has 3 aromatic rings. The number of amidine groups is 1. The summed E-state index contributed by atoms with van der Waals surface area (Å²) in [4.78, 5) is 0. The lowest BCUT2D eigenvalue weighted by Gasteiger charge is -2.09. The number of para-hydroxylation sites is 2. The van der Waals surface area contributed by atoms with Gasteiger partial charge in [-0.3, -0.25) is 0 Å². The first-order valence-corrected chi connectivity index (χ1v) is 7.51. The minimum Gasteiger partial charge on any atom is -0.490 e. The molecule has 118 valence electrons. The fourth-order valence-electron chi connectivity index (χ4n) is 2.51. The van der Waals surface area contributed by atoms with Crippen LogP contribution in [0.3, 0.4) is 0 Å². The molecule has 6 heteroatoms. The fraction of sp³-hybridized carbons (Fsp3) is 0.118. The van der Waals surface area contributed by atoms with E-state index in [1.54, 1.807) is 6.07 Å². The van der Waals surface area contributed by atoms with Crippen LogP contribution in [0.5, 0.6) is 5.75 Å². The maximum Gasteiger partial charge on any atom is 0.172 e. The van der Waals surface area contributed by atoms with Crippen LogP contribution in [0.4, 0.5) is 0 Å². The summed E-state index contributed by atoms with van der Waals surface area (Å²) in [7, 11) is 0. The normalized spacial score (nSPS) is 11.8. The van der Waals surface area contributed by atoms with Crippen molar-refractivity contribution in [3.05, 3.63) is 65.3 Å². The van der Waals surface area contributed by atoms with Crippen LogP contribution in [0.15, 0.2) is 59.9 Å². The Morgan fingerprint density at radius 3 is 2.70 bits per heavy atom. The zero-order chi connectivity index (χ0) is 16.2. The van der Waals surface area contributed by atoms with Crippen molar-refractivity contribution in [2.24, 2.45) is 10.9 Å². The summed E-state index contributed by atoms with van der Waals surface area (Å²) in [6.45, 7) is 1.07. The zero-order valence-electron chi connectivity index (χ0n) is 12.3. The van der Waals surface area contributed by atoms with Gasteiger partial charge in [0.2, 0.25) is 0 Å². The molecule has 0 aliphatic heterocycles. The Kier molecular flexibility index (Phi) is 4.39. The quantitative estimate of drug-likeness (QED) is 0.326. The Labute approximate surface area is 138 Å². The number of hydrogen-bond donors (Lipinski definition) is 2. The Morgan fingerprint density at radius 2 is 1.91 bits per heavy atom. The molecule has 0 unspecified atom stereocenters. The molecule has 0 saturated carbocycles. The van der Waals surface area contributed by atoms with Gasteiger partial charge in [0.05, 0.1) is 11.6 Å². The van der Waals surface area contributed by atoms with Crippen molar-refractivity contribution in [1.29, 1.82) is 0 Å². The highest BCUT2D eigenvalue weighted by atomic mass is 35.5. The van der Waals surface area contributed by atoms with E-state index < -0.39 is 0 Å². The molecule has 1 aromatic heterocycles. The summed E-state index contributed by atoms with van der Waals surface area (Å²) in [5, 5.41) is 13.5. The first-order chi connectivity index (χ1) is 11.2. The number of benzene rings is 2. The van der Waals surface area contributed by atoms with Crippen molar-refractivity contribution >= 4 is 28.3 Å². The van der Waals surface area contributed by atoms with Crippen LogP contribution in [0.2, 0.25) is 5.02 Å². The minimum atomic E-state index is 0.0898. The van der Waals surface area contributed by atoms with Crippen molar-refractivity contribution in [2.75, 3.05) is 6.61 Å². The highest BCUT2D eigenvalue weighted by molar-refractivity contribution is 6.32. The predicted molar refractivity (Wildman–Crippen MR) is 91.4 cm³/mol. The number of rotatable bonds is 5. The summed E-state index contributed by atoms with van der Waals surface area (Å²) in [6, 6.07) is 15.1. The van der Waals surface area contributed by atoms with Crippen molar-refractivity contribution in [2.45, 2.75) is 6.54 Å². The monoisotopic (exact) mass is 329 g/mol.